The third kappa shape index (κ3) is 5.83. The van der Waals surface area contributed by atoms with Crippen LogP contribution in [0.5, 0.6) is 5.75 Å². The van der Waals surface area contributed by atoms with Gasteiger partial charge in [0.15, 0.2) is 0 Å². The molecule has 0 aromatic heterocycles. The second-order valence-corrected chi connectivity index (χ2v) is 9.16. The molecule has 2 atom stereocenters. The number of methoxy groups -OCH3 is 1. The molecular weight excluding hydrogens is 469 g/mol. The molecule has 3 aromatic carbocycles. The number of nitrogens with one attached hydrogen (secondary N) is 1. The molecule has 0 saturated heterocycles. The van der Waals surface area contributed by atoms with Crippen LogP contribution in [0.3, 0.4) is 0 Å². The van der Waals surface area contributed by atoms with Gasteiger partial charge in [0.1, 0.15) is 11.6 Å². The van der Waals surface area contributed by atoms with Crippen molar-refractivity contribution in [2.24, 2.45) is 0 Å². The lowest BCUT2D eigenvalue weighted by atomic mass is 9.79. The van der Waals surface area contributed by atoms with Gasteiger partial charge in [0.05, 0.1) is 19.1 Å². The summed E-state index contributed by atoms with van der Waals surface area (Å²) in [5, 5.41) is 3.13. The van der Waals surface area contributed by atoms with E-state index in [2.05, 4.69) is 24.1 Å². The lowest BCUT2D eigenvalue weighted by molar-refractivity contribution is -0.124. The molecule has 0 saturated carbocycles. The Bertz CT molecular complexity index is 1210. The van der Waals surface area contributed by atoms with Crippen molar-refractivity contribution in [3.63, 3.8) is 0 Å². The molecule has 0 unspecified atom stereocenters. The van der Waals surface area contributed by atoms with E-state index in [-0.39, 0.29) is 24.2 Å². The summed E-state index contributed by atoms with van der Waals surface area (Å²) in [5.74, 6) is -0.544. The van der Waals surface area contributed by atoms with Crippen molar-refractivity contribution in [1.29, 1.82) is 0 Å². The fraction of sp³-hybridized carbons (Fsp3) is 0.333. The van der Waals surface area contributed by atoms with E-state index in [1.807, 2.05) is 42.5 Å². The Balaban J connectivity index is 1.76. The number of ether oxygens (including phenoxy) is 1. The summed E-state index contributed by atoms with van der Waals surface area (Å²) in [4.78, 5) is 31.6. The SMILES string of the molecule is CCN(CC)CCNC(=O)[C@H]1c2ccccc2C(=O)N(Cc2ccc(F)cc2)[C@@H]1c1ccc(OC)cc1. The fourth-order valence-electron chi connectivity index (χ4n) is 5.00. The van der Waals surface area contributed by atoms with Crippen LogP contribution in [0.4, 0.5) is 4.39 Å². The fourth-order valence-corrected chi connectivity index (χ4v) is 5.00. The summed E-state index contributed by atoms with van der Waals surface area (Å²) in [5.41, 5.74) is 2.84. The number of benzene rings is 3. The van der Waals surface area contributed by atoms with Crippen LogP contribution in [0.15, 0.2) is 72.8 Å². The molecule has 2 amide bonds. The number of nitrogens with zero attached hydrogens (tertiary/aromatic N) is 2. The molecule has 7 heteroatoms. The van der Waals surface area contributed by atoms with Gasteiger partial charge in [0, 0.05) is 25.2 Å². The Morgan fingerprint density at radius 3 is 2.32 bits per heavy atom. The van der Waals surface area contributed by atoms with Crippen molar-refractivity contribution in [2.45, 2.75) is 32.4 Å². The predicted octanol–water partition coefficient (Wildman–Crippen LogP) is 4.77. The van der Waals surface area contributed by atoms with Crippen LogP contribution in [0.1, 0.15) is 52.9 Å². The highest BCUT2D eigenvalue weighted by Crippen LogP contribution is 2.44. The molecule has 0 bridgehead atoms. The predicted molar refractivity (Wildman–Crippen MR) is 142 cm³/mol. The summed E-state index contributed by atoms with van der Waals surface area (Å²) in [6, 6.07) is 20.4. The minimum atomic E-state index is -0.612. The summed E-state index contributed by atoms with van der Waals surface area (Å²) < 4.78 is 18.9. The van der Waals surface area contributed by atoms with Crippen molar-refractivity contribution in [1.82, 2.24) is 15.1 Å². The molecule has 0 spiro atoms. The minimum absolute atomic E-state index is 0.128. The molecule has 1 aliphatic heterocycles. The number of amides is 2. The maximum atomic E-state index is 13.8. The van der Waals surface area contributed by atoms with Crippen LogP contribution in [0, 0.1) is 5.82 Å². The number of halogens is 1. The quantitative estimate of drug-likeness (QED) is 0.433. The molecule has 194 valence electrons. The van der Waals surface area contributed by atoms with Crippen LogP contribution >= 0.6 is 0 Å². The highest BCUT2D eigenvalue weighted by Gasteiger charge is 2.44. The monoisotopic (exact) mass is 503 g/mol. The molecule has 1 aliphatic rings. The van der Waals surface area contributed by atoms with Crippen LogP contribution in [0.25, 0.3) is 0 Å². The lowest BCUT2D eigenvalue weighted by Gasteiger charge is -2.42. The smallest absolute Gasteiger partial charge is 0.255 e. The molecule has 1 N–H and O–H groups in total. The third-order valence-electron chi connectivity index (χ3n) is 7.07. The standard InChI is InChI=1S/C30H34FN3O3/c1-4-33(5-2)19-18-32-29(35)27-25-8-6-7-9-26(25)30(36)34(20-21-10-14-23(31)15-11-21)28(27)22-12-16-24(37-3)17-13-22/h6-17,27-28H,4-5,18-20H2,1-3H3,(H,32,35)/t27-,28+/m0/s1. The van der Waals surface area contributed by atoms with E-state index in [1.54, 1.807) is 30.2 Å². The van der Waals surface area contributed by atoms with E-state index >= 15 is 0 Å². The van der Waals surface area contributed by atoms with E-state index in [0.29, 0.717) is 23.4 Å². The van der Waals surface area contributed by atoms with Gasteiger partial charge in [-0.2, -0.15) is 0 Å². The van der Waals surface area contributed by atoms with Crippen LogP contribution in [-0.2, 0) is 11.3 Å². The number of hydrogen-bond donors (Lipinski definition) is 1. The molecule has 0 radical (unpaired) electrons. The highest BCUT2D eigenvalue weighted by atomic mass is 19.1. The number of fused-ring (bicyclic) bond motifs is 1. The van der Waals surface area contributed by atoms with Crippen LogP contribution in [-0.4, -0.2) is 54.9 Å². The molecule has 0 aliphatic carbocycles. The first-order valence-corrected chi connectivity index (χ1v) is 12.7. The Labute approximate surface area is 218 Å². The first-order chi connectivity index (χ1) is 18.0. The van der Waals surface area contributed by atoms with Crippen molar-refractivity contribution in [3.8, 4) is 5.75 Å². The number of hydrogen-bond acceptors (Lipinski definition) is 4. The second kappa shape index (κ2) is 12.0. The first kappa shape index (κ1) is 26.4. The van der Waals surface area contributed by atoms with Gasteiger partial charge < -0.3 is 19.9 Å². The van der Waals surface area contributed by atoms with E-state index in [1.165, 1.54) is 12.1 Å². The van der Waals surface area contributed by atoms with Gasteiger partial charge >= 0.3 is 0 Å². The average molecular weight is 504 g/mol. The van der Waals surface area contributed by atoms with Crippen molar-refractivity contribution in [3.05, 3.63) is 101 Å². The van der Waals surface area contributed by atoms with Gasteiger partial charge in [-0.1, -0.05) is 56.3 Å². The Hall–Kier alpha value is -3.71. The van der Waals surface area contributed by atoms with Gasteiger partial charge in [-0.25, -0.2) is 4.39 Å². The summed E-state index contributed by atoms with van der Waals surface area (Å²) in [6.45, 7) is 7.52. The third-order valence-corrected chi connectivity index (χ3v) is 7.07. The summed E-state index contributed by atoms with van der Waals surface area (Å²) in [7, 11) is 1.60. The molecule has 1 heterocycles. The lowest BCUT2D eigenvalue weighted by Crippen LogP contribution is -2.48. The van der Waals surface area contributed by atoms with Crippen molar-refractivity contribution >= 4 is 11.8 Å². The minimum Gasteiger partial charge on any atom is -0.497 e. The number of carbonyl (C=O) groups is 2. The van der Waals surface area contributed by atoms with Crippen molar-refractivity contribution in [2.75, 3.05) is 33.3 Å². The zero-order valence-electron chi connectivity index (χ0n) is 21.6. The van der Waals surface area contributed by atoms with Gasteiger partial charge in [-0.05, 0) is 60.1 Å². The molecule has 4 rings (SSSR count). The van der Waals surface area contributed by atoms with Gasteiger partial charge in [-0.3, -0.25) is 9.59 Å². The Morgan fingerprint density at radius 2 is 1.68 bits per heavy atom. The van der Waals surface area contributed by atoms with E-state index < -0.39 is 12.0 Å². The van der Waals surface area contributed by atoms with E-state index in [9.17, 15) is 14.0 Å². The van der Waals surface area contributed by atoms with Crippen molar-refractivity contribution < 1.29 is 18.7 Å². The molecule has 0 fully saturated rings. The zero-order chi connectivity index (χ0) is 26.4. The topological polar surface area (TPSA) is 61.9 Å². The van der Waals surface area contributed by atoms with E-state index in [0.717, 1.165) is 30.8 Å². The second-order valence-electron chi connectivity index (χ2n) is 9.16. The van der Waals surface area contributed by atoms with E-state index in [4.69, 9.17) is 4.74 Å². The van der Waals surface area contributed by atoms with Gasteiger partial charge in [0.25, 0.3) is 5.91 Å². The summed E-state index contributed by atoms with van der Waals surface area (Å²) in [6.07, 6.45) is 0. The number of carbonyl (C=O) groups excluding carboxylic acids is 2. The van der Waals surface area contributed by atoms with Gasteiger partial charge in [0.2, 0.25) is 5.91 Å². The average Bonchev–Trinajstić information content (AvgIpc) is 2.93. The maximum Gasteiger partial charge on any atom is 0.255 e. The zero-order valence-corrected chi connectivity index (χ0v) is 21.6. The molecular formula is C30H34FN3O3. The maximum absolute atomic E-state index is 13.8. The molecule has 6 nitrogen and oxygen atoms in total. The number of rotatable bonds is 10. The van der Waals surface area contributed by atoms with Crippen LogP contribution < -0.4 is 10.1 Å². The summed E-state index contributed by atoms with van der Waals surface area (Å²) >= 11 is 0. The first-order valence-electron chi connectivity index (χ1n) is 12.7. The van der Waals surface area contributed by atoms with Crippen LogP contribution in [0.2, 0.25) is 0 Å². The van der Waals surface area contributed by atoms with Gasteiger partial charge in [-0.15, -0.1) is 0 Å². The normalized spacial score (nSPS) is 17.0. The number of likely N-dealkylation sites (N-methyl/N-ethyl adjacent to an activating group) is 1. The molecule has 37 heavy (non-hydrogen) atoms. The Kier molecular flexibility index (Phi) is 8.56. The highest BCUT2D eigenvalue weighted by molar-refractivity contribution is 6.01. The largest absolute Gasteiger partial charge is 0.497 e. The molecule has 3 aromatic rings. The Morgan fingerprint density at radius 1 is 1.00 bits per heavy atom.